The topological polar surface area (TPSA) is 140 Å². The third kappa shape index (κ3) is 6.95. The van der Waals surface area contributed by atoms with E-state index in [1.165, 1.54) is 38.1 Å². The van der Waals surface area contributed by atoms with Crippen molar-refractivity contribution >= 4 is 23.4 Å². The van der Waals surface area contributed by atoms with Crippen molar-refractivity contribution in [2.75, 3.05) is 11.9 Å². The van der Waals surface area contributed by atoms with Crippen molar-refractivity contribution in [1.82, 2.24) is 16.1 Å². The normalized spacial score (nSPS) is 21.3. The highest BCUT2D eigenvalue weighted by atomic mass is 16.5. The number of carbonyl (C=O) groups excluding carboxylic acids is 3. The number of carbonyl (C=O) groups is 3. The number of hydrogen-bond acceptors (Lipinski definition) is 6. The van der Waals surface area contributed by atoms with Gasteiger partial charge in [-0.05, 0) is 86.6 Å². The van der Waals surface area contributed by atoms with Crippen LogP contribution in [-0.2, 0) is 9.59 Å². The molecule has 9 nitrogen and oxygen atoms in total. The van der Waals surface area contributed by atoms with E-state index in [9.17, 15) is 19.5 Å². The van der Waals surface area contributed by atoms with Crippen LogP contribution in [0, 0.1) is 23.7 Å². The number of rotatable bonds is 8. The molecule has 0 aliphatic heterocycles. The van der Waals surface area contributed by atoms with Crippen molar-refractivity contribution in [1.29, 1.82) is 0 Å². The highest BCUT2D eigenvalue weighted by molar-refractivity contribution is 5.97. The molecule has 3 amide bonds. The zero-order chi connectivity index (χ0) is 26.4. The van der Waals surface area contributed by atoms with Gasteiger partial charge in [0.2, 0.25) is 5.91 Å². The number of benzene rings is 2. The average molecular weight is 505 g/mol. The Balaban J connectivity index is 1.26. The average Bonchev–Trinajstić information content (AvgIpc) is 3.53. The molecular formula is C28H32N4O5. The number of hydroxylamine groups is 1. The maximum absolute atomic E-state index is 12.4. The Morgan fingerprint density at radius 1 is 0.973 bits per heavy atom. The Bertz CT molecular complexity index is 1180. The summed E-state index contributed by atoms with van der Waals surface area (Å²) in [5.41, 5.74) is 3.87. The molecule has 0 radical (unpaired) electrons. The first-order valence-electron chi connectivity index (χ1n) is 12.5. The lowest BCUT2D eigenvalue weighted by Crippen LogP contribution is -2.51. The van der Waals surface area contributed by atoms with E-state index in [0.717, 1.165) is 17.4 Å². The van der Waals surface area contributed by atoms with Gasteiger partial charge < -0.3 is 21.1 Å². The quantitative estimate of drug-likeness (QED) is 0.184. The summed E-state index contributed by atoms with van der Waals surface area (Å²) in [6.45, 7) is 1.65. The highest BCUT2D eigenvalue weighted by Crippen LogP contribution is 2.44. The lowest BCUT2D eigenvalue weighted by atomic mass is 9.95. The van der Waals surface area contributed by atoms with E-state index in [2.05, 4.69) is 27.8 Å². The van der Waals surface area contributed by atoms with Gasteiger partial charge in [0, 0.05) is 28.4 Å². The van der Waals surface area contributed by atoms with Gasteiger partial charge in [-0.15, -0.1) is 0 Å². The minimum atomic E-state index is -1.29. The first-order chi connectivity index (χ1) is 17.8. The van der Waals surface area contributed by atoms with Crippen LogP contribution >= 0.6 is 0 Å². The van der Waals surface area contributed by atoms with E-state index >= 15 is 0 Å². The van der Waals surface area contributed by atoms with Crippen LogP contribution in [0.15, 0.2) is 48.5 Å². The van der Waals surface area contributed by atoms with Crippen LogP contribution < -0.4 is 21.4 Å². The van der Waals surface area contributed by atoms with Crippen LogP contribution in [0.25, 0.3) is 0 Å². The summed E-state index contributed by atoms with van der Waals surface area (Å²) in [7, 11) is 0. The fraction of sp³-hybridized carbons (Fsp3) is 0.393. The monoisotopic (exact) mass is 504 g/mol. The molecule has 9 heteroatoms. The third-order valence-corrected chi connectivity index (χ3v) is 7.09. The summed E-state index contributed by atoms with van der Waals surface area (Å²) in [6.07, 6.45) is 3.92. The predicted octanol–water partition coefficient (Wildman–Crippen LogP) is 1.79. The van der Waals surface area contributed by atoms with Crippen molar-refractivity contribution < 1.29 is 24.7 Å². The van der Waals surface area contributed by atoms with Crippen molar-refractivity contribution in [3.8, 4) is 11.8 Å². The first-order valence-corrected chi connectivity index (χ1v) is 12.5. The van der Waals surface area contributed by atoms with Crippen LogP contribution in [-0.4, -0.2) is 52.8 Å². The van der Waals surface area contributed by atoms with Gasteiger partial charge in [-0.2, -0.15) is 0 Å². The summed E-state index contributed by atoms with van der Waals surface area (Å²) in [5, 5.41) is 27.1. The van der Waals surface area contributed by atoms with Crippen LogP contribution in [0.3, 0.4) is 0 Å². The van der Waals surface area contributed by atoms with Crippen molar-refractivity contribution in [2.45, 2.75) is 50.8 Å². The molecule has 2 aliphatic carbocycles. The predicted molar refractivity (Wildman–Crippen MR) is 138 cm³/mol. The molecule has 194 valence electrons. The first kappa shape index (κ1) is 26.4. The molecule has 0 heterocycles. The molecule has 2 aliphatic rings. The fourth-order valence-corrected chi connectivity index (χ4v) is 5.11. The van der Waals surface area contributed by atoms with Crippen LogP contribution in [0.4, 0.5) is 5.69 Å². The molecule has 0 saturated heterocycles. The number of fused-ring (bicyclic) bond motifs is 2. The fourth-order valence-electron chi connectivity index (χ4n) is 5.11. The summed E-state index contributed by atoms with van der Waals surface area (Å²) in [5.74, 6) is 6.10. The molecular weight excluding hydrogens is 472 g/mol. The Labute approximate surface area is 216 Å². The largest absolute Gasteiger partial charge is 0.391 e. The molecule has 0 aromatic heterocycles. The van der Waals surface area contributed by atoms with Crippen LogP contribution in [0.5, 0.6) is 0 Å². The standard InChI is InChI=1S/C28H32N4O5/c1-17(33)26(28(36)32-37)31-27(35)21-9-4-18(5-10-21)2-3-19-7-12-23(13-8-19)30-25(34)16-29-24-15-20-6-11-22(24)14-20/h4-5,7-10,12-13,17,20,22,24,26,29,33,37H,6,11,14-16H2,1H3,(H,30,34)(H,31,35)(H,32,36)/t17-,20-,22-,24-,26+/m1/s1. The summed E-state index contributed by atoms with van der Waals surface area (Å²) in [4.78, 5) is 36.3. The second-order valence-corrected chi connectivity index (χ2v) is 9.78. The van der Waals surface area contributed by atoms with E-state index in [1.54, 1.807) is 24.3 Å². The molecule has 0 unspecified atom stereocenters. The third-order valence-electron chi connectivity index (χ3n) is 7.09. The van der Waals surface area contributed by atoms with Crippen LogP contribution in [0.1, 0.15) is 54.1 Å². The van der Waals surface area contributed by atoms with Gasteiger partial charge in [-0.3, -0.25) is 19.6 Å². The number of amides is 3. The Morgan fingerprint density at radius 2 is 1.62 bits per heavy atom. The zero-order valence-corrected chi connectivity index (χ0v) is 20.7. The molecule has 2 saturated carbocycles. The van der Waals surface area contributed by atoms with Gasteiger partial charge in [-0.25, -0.2) is 5.48 Å². The van der Waals surface area contributed by atoms with Gasteiger partial charge >= 0.3 is 0 Å². The summed E-state index contributed by atoms with van der Waals surface area (Å²) < 4.78 is 0. The molecule has 0 spiro atoms. The van der Waals surface area contributed by atoms with Crippen molar-refractivity contribution in [3.63, 3.8) is 0 Å². The van der Waals surface area contributed by atoms with Gasteiger partial charge in [0.25, 0.3) is 11.8 Å². The molecule has 6 N–H and O–H groups in total. The molecule has 2 bridgehead atoms. The minimum absolute atomic E-state index is 0.0532. The Kier molecular flexibility index (Phi) is 8.56. The number of anilines is 1. The second-order valence-electron chi connectivity index (χ2n) is 9.78. The summed E-state index contributed by atoms with van der Waals surface area (Å²) >= 11 is 0. The van der Waals surface area contributed by atoms with E-state index in [-0.39, 0.29) is 11.5 Å². The maximum atomic E-state index is 12.4. The van der Waals surface area contributed by atoms with Gasteiger partial charge in [0.1, 0.15) is 6.04 Å². The Morgan fingerprint density at radius 3 is 2.16 bits per heavy atom. The smallest absolute Gasteiger partial charge is 0.268 e. The van der Waals surface area contributed by atoms with E-state index < -0.39 is 24.0 Å². The lowest BCUT2D eigenvalue weighted by molar-refractivity contribution is -0.133. The summed E-state index contributed by atoms with van der Waals surface area (Å²) in [6, 6.07) is 12.9. The van der Waals surface area contributed by atoms with E-state index in [1.807, 2.05) is 24.3 Å². The van der Waals surface area contributed by atoms with Crippen molar-refractivity contribution in [3.05, 3.63) is 65.2 Å². The highest BCUT2D eigenvalue weighted by Gasteiger charge is 2.39. The number of aliphatic hydroxyl groups is 1. The zero-order valence-electron chi connectivity index (χ0n) is 20.7. The number of aliphatic hydroxyl groups excluding tert-OH is 1. The SMILES string of the molecule is C[C@@H](O)[C@H](NC(=O)c1ccc(C#Cc2ccc(NC(=O)CN[C@@H]3C[C@@H]4CC[C@@H]3C4)cc2)cc1)C(=O)NO. The van der Waals surface area contributed by atoms with E-state index in [0.29, 0.717) is 23.8 Å². The maximum Gasteiger partial charge on any atom is 0.268 e. The minimum Gasteiger partial charge on any atom is -0.391 e. The van der Waals surface area contributed by atoms with Gasteiger partial charge in [0.15, 0.2) is 0 Å². The number of nitrogens with one attached hydrogen (secondary N) is 4. The molecule has 2 fully saturated rings. The van der Waals surface area contributed by atoms with Gasteiger partial charge in [0.05, 0.1) is 12.6 Å². The number of hydrogen-bond donors (Lipinski definition) is 6. The Hall–Kier alpha value is -3.71. The molecule has 37 heavy (non-hydrogen) atoms. The molecule has 2 aromatic rings. The van der Waals surface area contributed by atoms with Gasteiger partial charge in [-0.1, -0.05) is 18.3 Å². The molecule has 4 rings (SSSR count). The molecule has 2 aromatic carbocycles. The second kappa shape index (κ2) is 12.0. The molecule has 5 atom stereocenters. The van der Waals surface area contributed by atoms with Crippen LogP contribution in [0.2, 0.25) is 0 Å². The van der Waals surface area contributed by atoms with Crippen molar-refractivity contribution in [2.24, 2.45) is 11.8 Å². The lowest BCUT2D eigenvalue weighted by Gasteiger charge is -2.22. The van der Waals surface area contributed by atoms with E-state index in [4.69, 9.17) is 5.21 Å².